The molecular formula is C10H14FNO. The summed E-state index contributed by atoms with van der Waals surface area (Å²) in [6, 6.07) is 4.43. The van der Waals surface area contributed by atoms with E-state index in [-0.39, 0.29) is 11.9 Å². The lowest BCUT2D eigenvalue weighted by Crippen LogP contribution is -2.23. The molecule has 2 nitrogen and oxygen atoms in total. The van der Waals surface area contributed by atoms with Crippen molar-refractivity contribution >= 4 is 0 Å². The van der Waals surface area contributed by atoms with E-state index in [1.807, 2.05) is 13.8 Å². The smallest absolute Gasteiger partial charge is 0.126 e. The first kappa shape index (κ1) is 9.99. The van der Waals surface area contributed by atoms with E-state index in [4.69, 9.17) is 10.5 Å². The van der Waals surface area contributed by atoms with E-state index in [9.17, 15) is 4.39 Å². The van der Waals surface area contributed by atoms with Crippen molar-refractivity contribution in [2.24, 2.45) is 5.73 Å². The Hall–Kier alpha value is -1.09. The van der Waals surface area contributed by atoms with Gasteiger partial charge in [0.05, 0.1) is 0 Å². The number of hydrogen-bond acceptors (Lipinski definition) is 2. The van der Waals surface area contributed by atoms with Gasteiger partial charge in [0.1, 0.15) is 18.2 Å². The van der Waals surface area contributed by atoms with Crippen molar-refractivity contribution in [2.45, 2.75) is 19.9 Å². The summed E-state index contributed by atoms with van der Waals surface area (Å²) in [6.45, 7) is 4.12. The third-order valence-corrected chi connectivity index (χ3v) is 1.65. The van der Waals surface area contributed by atoms with Gasteiger partial charge in [-0.15, -0.1) is 0 Å². The summed E-state index contributed by atoms with van der Waals surface area (Å²) in [4.78, 5) is 0. The van der Waals surface area contributed by atoms with Gasteiger partial charge in [-0.2, -0.15) is 0 Å². The van der Waals surface area contributed by atoms with E-state index < -0.39 is 0 Å². The van der Waals surface area contributed by atoms with Crippen LogP contribution < -0.4 is 10.5 Å². The Morgan fingerprint density at radius 3 is 2.85 bits per heavy atom. The van der Waals surface area contributed by atoms with Crippen LogP contribution in [0.25, 0.3) is 0 Å². The molecule has 0 spiro atoms. The molecule has 0 aliphatic heterocycles. The second kappa shape index (κ2) is 4.23. The van der Waals surface area contributed by atoms with Crippen LogP contribution in [0.2, 0.25) is 0 Å². The highest BCUT2D eigenvalue weighted by Gasteiger charge is 2.02. The Morgan fingerprint density at radius 1 is 1.54 bits per heavy atom. The van der Waals surface area contributed by atoms with Crippen LogP contribution in [-0.2, 0) is 0 Å². The Bertz CT molecular complexity index is 286. The topological polar surface area (TPSA) is 35.2 Å². The molecule has 13 heavy (non-hydrogen) atoms. The van der Waals surface area contributed by atoms with Gasteiger partial charge < -0.3 is 10.5 Å². The number of aryl methyl sites for hydroxylation is 1. The molecule has 0 aliphatic rings. The Balaban J connectivity index is 2.70. The molecule has 0 amide bonds. The van der Waals surface area contributed by atoms with Gasteiger partial charge in [0.15, 0.2) is 0 Å². The fraction of sp³-hybridized carbons (Fsp3) is 0.400. The highest BCUT2D eigenvalue weighted by molar-refractivity contribution is 5.32. The third-order valence-electron chi connectivity index (χ3n) is 1.65. The average molecular weight is 183 g/mol. The summed E-state index contributed by atoms with van der Waals surface area (Å²) in [5, 5.41) is 0. The quantitative estimate of drug-likeness (QED) is 0.776. The Morgan fingerprint density at radius 2 is 2.23 bits per heavy atom. The minimum atomic E-state index is -0.287. The largest absolute Gasteiger partial charge is 0.492 e. The highest BCUT2D eigenvalue weighted by Crippen LogP contribution is 2.18. The Labute approximate surface area is 77.5 Å². The van der Waals surface area contributed by atoms with E-state index in [1.165, 1.54) is 12.1 Å². The van der Waals surface area contributed by atoms with Crippen LogP contribution in [0.1, 0.15) is 12.5 Å². The Kier molecular flexibility index (Phi) is 3.25. The number of hydrogen-bond donors (Lipinski definition) is 1. The van der Waals surface area contributed by atoms with Crippen molar-refractivity contribution < 1.29 is 9.13 Å². The molecule has 72 valence electrons. The number of ether oxygens (including phenoxy) is 1. The van der Waals surface area contributed by atoms with Crippen LogP contribution >= 0.6 is 0 Å². The van der Waals surface area contributed by atoms with Crippen molar-refractivity contribution in [3.63, 3.8) is 0 Å². The second-order valence-electron chi connectivity index (χ2n) is 3.20. The second-order valence-corrected chi connectivity index (χ2v) is 3.20. The maximum Gasteiger partial charge on any atom is 0.126 e. The molecule has 0 aromatic heterocycles. The maximum atomic E-state index is 12.8. The van der Waals surface area contributed by atoms with Crippen LogP contribution in [-0.4, -0.2) is 12.6 Å². The summed E-state index contributed by atoms with van der Waals surface area (Å²) in [7, 11) is 0. The molecule has 1 rings (SSSR count). The van der Waals surface area contributed by atoms with Crippen molar-refractivity contribution in [1.82, 2.24) is 0 Å². The van der Waals surface area contributed by atoms with Crippen LogP contribution in [0, 0.1) is 12.7 Å². The van der Waals surface area contributed by atoms with Gasteiger partial charge >= 0.3 is 0 Å². The standard InChI is InChI=1S/C10H14FNO/c1-7-3-4-9(11)5-10(7)13-6-8(2)12/h3-5,8H,6,12H2,1-2H3/t8-/m0/s1. The number of halogens is 1. The average Bonchev–Trinajstić information content (AvgIpc) is 2.06. The summed E-state index contributed by atoms with van der Waals surface area (Å²) < 4.78 is 18.1. The van der Waals surface area contributed by atoms with Crippen LogP contribution in [0.4, 0.5) is 4.39 Å². The van der Waals surface area contributed by atoms with Crippen LogP contribution in [0.15, 0.2) is 18.2 Å². The monoisotopic (exact) mass is 183 g/mol. The molecule has 0 radical (unpaired) electrons. The van der Waals surface area contributed by atoms with Gasteiger partial charge in [-0.1, -0.05) is 6.07 Å². The van der Waals surface area contributed by atoms with Crippen molar-refractivity contribution in [3.05, 3.63) is 29.6 Å². The van der Waals surface area contributed by atoms with E-state index in [0.717, 1.165) is 5.56 Å². The minimum absolute atomic E-state index is 0.0392. The van der Waals surface area contributed by atoms with E-state index >= 15 is 0 Å². The van der Waals surface area contributed by atoms with Gasteiger partial charge in [0, 0.05) is 12.1 Å². The van der Waals surface area contributed by atoms with Gasteiger partial charge in [-0.05, 0) is 25.5 Å². The number of benzene rings is 1. The summed E-state index contributed by atoms with van der Waals surface area (Å²) >= 11 is 0. The normalized spacial score (nSPS) is 12.6. The number of rotatable bonds is 3. The van der Waals surface area contributed by atoms with Crippen LogP contribution in [0.5, 0.6) is 5.75 Å². The molecule has 0 fully saturated rings. The molecule has 0 unspecified atom stereocenters. The zero-order valence-corrected chi connectivity index (χ0v) is 7.88. The summed E-state index contributed by atoms with van der Waals surface area (Å²) in [5.41, 5.74) is 6.43. The van der Waals surface area contributed by atoms with Gasteiger partial charge in [0.25, 0.3) is 0 Å². The van der Waals surface area contributed by atoms with Crippen molar-refractivity contribution in [2.75, 3.05) is 6.61 Å². The first-order valence-electron chi connectivity index (χ1n) is 4.24. The molecule has 0 aliphatic carbocycles. The SMILES string of the molecule is Cc1ccc(F)cc1OC[C@H](C)N. The molecule has 1 aromatic carbocycles. The summed E-state index contributed by atoms with van der Waals surface area (Å²) in [6.07, 6.45) is 0. The van der Waals surface area contributed by atoms with Gasteiger partial charge in [-0.3, -0.25) is 0 Å². The van der Waals surface area contributed by atoms with E-state index in [0.29, 0.717) is 12.4 Å². The van der Waals surface area contributed by atoms with Crippen molar-refractivity contribution in [3.8, 4) is 5.75 Å². The fourth-order valence-corrected chi connectivity index (χ4v) is 0.951. The maximum absolute atomic E-state index is 12.8. The van der Waals surface area contributed by atoms with Gasteiger partial charge in [-0.25, -0.2) is 4.39 Å². The molecular weight excluding hydrogens is 169 g/mol. The first-order valence-corrected chi connectivity index (χ1v) is 4.24. The minimum Gasteiger partial charge on any atom is -0.492 e. The molecule has 2 N–H and O–H groups in total. The molecule has 0 heterocycles. The third kappa shape index (κ3) is 3.03. The van der Waals surface area contributed by atoms with E-state index in [2.05, 4.69) is 0 Å². The van der Waals surface area contributed by atoms with Crippen LogP contribution in [0.3, 0.4) is 0 Å². The zero-order chi connectivity index (χ0) is 9.84. The van der Waals surface area contributed by atoms with Crippen molar-refractivity contribution in [1.29, 1.82) is 0 Å². The molecule has 1 aromatic rings. The van der Waals surface area contributed by atoms with Gasteiger partial charge in [0.2, 0.25) is 0 Å². The molecule has 1 atom stereocenters. The van der Waals surface area contributed by atoms with E-state index in [1.54, 1.807) is 6.07 Å². The molecule has 0 saturated carbocycles. The first-order chi connectivity index (χ1) is 6.09. The number of nitrogens with two attached hydrogens (primary N) is 1. The highest BCUT2D eigenvalue weighted by atomic mass is 19.1. The predicted molar refractivity (Wildman–Crippen MR) is 50.3 cm³/mol. The lowest BCUT2D eigenvalue weighted by Gasteiger charge is -2.10. The lowest BCUT2D eigenvalue weighted by atomic mass is 10.2. The lowest BCUT2D eigenvalue weighted by molar-refractivity contribution is 0.293. The fourth-order valence-electron chi connectivity index (χ4n) is 0.951. The summed E-state index contributed by atoms with van der Waals surface area (Å²) in [5.74, 6) is 0.280. The predicted octanol–water partition coefficient (Wildman–Crippen LogP) is 1.86. The zero-order valence-electron chi connectivity index (χ0n) is 7.88. The molecule has 3 heteroatoms. The molecule has 0 saturated heterocycles. The molecule has 0 bridgehead atoms.